The van der Waals surface area contributed by atoms with E-state index in [0.29, 0.717) is 18.8 Å². The lowest BCUT2D eigenvalue weighted by Crippen LogP contribution is -2.37. The van der Waals surface area contributed by atoms with Crippen LogP contribution >= 0.6 is 0 Å². The summed E-state index contributed by atoms with van der Waals surface area (Å²) in [7, 11) is -2.46. The molecule has 0 radical (unpaired) electrons. The molecule has 5 nitrogen and oxygen atoms in total. The van der Waals surface area contributed by atoms with Gasteiger partial charge >= 0.3 is 6.09 Å². The Labute approximate surface area is 138 Å². The molecule has 1 saturated carbocycles. The highest BCUT2D eigenvalue weighted by Gasteiger charge is 2.31. The van der Waals surface area contributed by atoms with Crippen LogP contribution in [0, 0.1) is 0 Å². The lowest BCUT2D eigenvalue weighted by atomic mass is 10.2. The van der Waals surface area contributed by atoms with E-state index in [-0.39, 0.29) is 12.1 Å². The summed E-state index contributed by atoms with van der Waals surface area (Å²) in [6.07, 6.45) is 1.69. The van der Waals surface area contributed by atoms with Crippen molar-refractivity contribution in [2.75, 3.05) is 12.3 Å². The summed E-state index contributed by atoms with van der Waals surface area (Å²) >= 11 is 0. The highest BCUT2D eigenvalue weighted by molar-refractivity contribution is 7.93. The topological polar surface area (TPSA) is 59.0 Å². The highest BCUT2D eigenvalue weighted by atomic mass is 32.2. The van der Waals surface area contributed by atoms with Gasteiger partial charge in [-0.3, -0.25) is 0 Å². The van der Waals surface area contributed by atoms with Crippen molar-refractivity contribution in [3.8, 4) is 0 Å². The summed E-state index contributed by atoms with van der Waals surface area (Å²) in [5.41, 5.74) is 0.369. The summed E-state index contributed by atoms with van der Waals surface area (Å²) in [4.78, 5) is 14.8. The molecule has 0 N–H and O–H groups in total. The maximum absolute atomic E-state index is 13.4. The number of fused-ring (bicyclic) bond motifs is 1. The largest absolute Gasteiger partial charge is 0.444 e. The van der Waals surface area contributed by atoms with E-state index >= 15 is 0 Å². The first-order valence-electron chi connectivity index (χ1n) is 8.07. The van der Waals surface area contributed by atoms with Crippen LogP contribution in [0.25, 0.3) is 0 Å². The van der Waals surface area contributed by atoms with Crippen LogP contribution < -0.4 is 0 Å². The maximum Gasteiger partial charge on any atom is 0.410 e. The predicted molar refractivity (Wildman–Crippen MR) is 89.8 cm³/mol. The van der Waals surface area contributed by atoms with Crippen LogP contribution in [0.2, 0.25) is 0 Å². The molecule has 1 fully saturated rings. The third-order valence-electron chi connectivity index (χ3n) is 3.83. The minimum atomic E-state index is -2.46. The Morgan fingerprint density at radius 2 is 2.00 bits per heavy atom. The quantitative estimate of drug-likeness (QED) is 0.789. The minimum absolute atomic E-state index is 0.226. The number of carbonyl (C=O) groups is 1. The van der Waals surface area contributed by atoms with Crippen LogP contribution in [0.1, 0.15) is 39.2 Å². The van der Waals surface area contributed by atoms with Crippen LogP contribution in [0.15, 0.2) is 33.5 Å². The second kappa shape index (κ2) is 5.82. The summed E-state index contributed by atoms with van der Waals surface area (Å²) in [5, 5.41) is 0. The molecule has 6 heteroatoms. The fourth-order valence-corrected chi connectivity index (χ4v) is 5.02. The first kappa shape index (κ1) is 16.3. The number of carbonyl (C=O) groups excluding carboxylic acids is 1. The molecule has 0 aromatic heterocycles. The summed E-state index contributed by atoms with van der Waals surface area (Å²) in [6, 6.07) is 7.85. The normalized spacial score (nSPS) is 24.6. The zero-order valence-electron chi connectivity index (χ0n) is 13.9. The zero-order valence-corrected chi connectivity index (χ0v) is 14.8. The maximum atomic E-state index is 13.4. The standard InChI is InChI=1S/C17H24N2O3S/c1-17(2,3)22-16(20)19-10-11-23(21,18-14-8-9-14)15-7-5-4-6-13(15)12-19/h4-7,14H,8-12H2,1-3H3. The van der Waals surface area contributed by atoms with Crippen molar-refractivity contribution in [3.63, 3.8) is 0 Å². The van der Waals surface area contributed by atoms with Gasteiger partial charge < -0.3 is 9.64 Å². The molecule has 1 unspecified atom stereocenters. The van der Waals surface area contributed by atoms with Crippen LogP contribution in [0.5, 0.6) is 0 Å². The smallest absolute Gasteiger partial charge is 0.410 e. The van der Waals surface area contributed by atoms with Gasteiger partial charge in [-0.1, -0.05) is 18.2 Å². The van der Waals surface area contributed by atoms with Crippen LogP contribution in [-0.2, 0) is 21.0 Å². The Balaban J connectivity index is 1.93. The molecule has 0 spiro atoms. The van der Waals surface area contributed by atoms with Gasteiger partial charge in [0.2, 0.25) is 0 Å². The monoisotopic (exact) mass is 336 g/mol. The van der Waals surface area contributed by atoms with E-state index in [1.165, 1.54) is 0 Å². The fourth-order valence-electron chi connectivity index (χ4n) is 2.59. The second-order valence-corrected chi connectivity index (χ2v) is 9.53. The van der Waals surface area contributed by atoms with E-state index < -0.39 is 15.3 Å². The van der Waals surface area contributed by atoms with E-state index in [4.69, 9.17) is 4.74 Å². The van der Waals surface area contributed by atoms with Crippen molar-refractivity contribution in [3.05, 3.63) is 29.8 Å². The Kier molecular flexibility index (Phi) is 4.12. The molecule has 2 aliphatic rings. The molecule has 0 saturated heterocycles. The van der Waals surface area contributed by atoms with Crippen LogP contribution in [0.3, 0.4) is 0 Å². The van der Waals surface area contributed by atoms with Gasteiger partial charge in [0.1, 0.15) is 5.60 Å². The van der Waals surface area contributed by atoms with Crippen LogP contribution in [-0.4, -0.2) is 39.1 Å². The third kappa shape index (κ3) is 3.86. The lowest BCUT2D eigenvalue weighted by molar-refractivity contribution is 0.0247. The summed E-state index contributed by atoms with van der Waals surface area (Å²) in [6.45, 7) is 6.37. The molecular weight excluding hydrogens is 312 g/mol. The first-order chi connectivity index (χ1) is 10.8. The number of hydrogen-bond acceptors (Lipinski definition) is 4. The average Bonchev–Trinajstić information content (AvgIpc) is 3.26. The lowest BCUT2D eigenvalue weighted by Gasteiger charge is -2.26. The van der Waals surface area contributed by atoms with E-state index in [2.05, 4.69) is 4.36 Å². The van der Waals surface area contributed by atoms with E-state index in [1.54, 1.807) is 4.90 Å². The van der Waals surface area contributed by atoms with Gasteiger partial charge in [0, 0.05) is 6.54 Å². The van der Waals surface area contributed by atoms with E-state index in [1.807, 2.05) is 45.0 Å². The summed E-state index contributed by atoms with van der Waals surface area (Å²) < 4.78 is 23.5. The SMILES string of the molecule is CC(C)(C)OC(=O)N1CCS(=O)(=NC2CC2)c2ccccc2C1. The Morgan fingerprint density at radius 3 is 2.65 bits per heavy atom. The van der Waals surface area contributed by atoms with Gasteiger partial charge in [0.15, 0.2) is 0 Å². The molecule has 1 aliphatic heterocycles. The molecule has 3 rings (SSSR count). The fraction of sp³-hybridized carbons (Fsp3) is 0.588. The molecule has 1 aromatic carbocycles. The third-order valence-corrected chi connectivity index (χ3v) is 6.29. The molecule has 1 aromatic rings. The van der Waals surface area contributed by atoms with E-state index in [0.717, 1.165) is 23.3 Å². The molecule has 0 bridgehead atoms. The minimum Gasteiger partial charge on any atom is -0.444 e. The number of rotatable bonds is 1. The summed E-state index contributed by atoms with van der Waals surface area (Å²) in [5.74, 6) is 0.375. The molecule has 126 valence electrons. The Morgan fingerprint density at radius 1 is 1.30 bits per heavy atom. The van der Waals surface area contributed by atoms with Crippen molar-refractivity contribution in [1.82, 2.24) is 4.90 Å². The van der Waals surface area contributed by atoms with Crippen molar-refractivity contribution in [2.24, 2.45) is 4.36 Å². The number of ether oxygens (including phenoxy) is 1. The van der Waals surface area contributed by atoms with Gasteiger partial charge in [-0.25, -0.2) is 13.4 Å². The Hall–Kier alpha value is -1.56. The van der Waals surface area contributed by atoms with Gasteiger partial charge in [0.05, 0.1) is 33.0 Å². The number of benzene rings is 1. The molecule has 23 heavy (non-hydrogen) atoms. The van der Waals surface area contributed by atoms with Crippen molar-refractivity contribution < 1.29 is 13.7 Å². The number of hydrogen-bond donors (Lipinski definition) is 0. The predicted octanol–water partition coefficient (Wildman–Crippen LogP) is 3.43. The van der Waals surface area contributed by atoms with Crippen molar-refractivity contribution in [2.45, 2.75) is 56.7 Å². The Bertz CT molecular complexity index is 726. The van der Waals surface area contributed by atoms with Gasteiger partial charge in [-0.15, -0.1) is 0 Å². The van der Waals surface area contributed by atoms with E-state index in [9.17, 15) is 9.00 Å². The first-order valence-corrected chi connectivity index (χ1v) is 9.75. The molecule has 1 aliphatic carbocycles. The van der Waals surface area contributed by atoms with Gasteiger partial charge in [-0.2, -0.15) is 0 Å². The molecule has 1 atom stereocenters. The zero-order chi connectivity index (χ0) is 16.7. The van der Waals surface area contributed by atoms with Crippen molar-refractivity contribution in [1.29, 1.82) is 0 Å². The molecule has 1 heterocycles. The number of nitrogens with zero attached hydrogens (tertiary/aromatic N) is 2. The van der Waals surface area contributed by atoms with Gasteiger partial charge in [-0.05, 0) is 45.2 Å². The molecular formula is C17H24N2O3S. The molecule has 1 amide bonds. The van der Waals surface area contributed by atoms with Crippen LogP contribution in [0.4, 0.5) is 4.79 Å². The van der Waals surface area contributed by atoms with Gasteiger partial charge in [0.25, 0.3) is 0 Å². The average molecular weight is 336 g/mol. The number of amides is 1. The van der Waals surface area contributed by atoms with Crippen molar-refractivity contribution >= 4 is 15.8 Å². The highest BCUT2D eigenvalue weighted by Crippen LogP contribution is 2.31. The second-order valence-electron chi connectivity index (χ2n) is 7.19.